The van der Waals surface area contributed by atoms with Crippen molar-refractivity contribution in [2.24, 2.45) is 0 Å². The van der Waals surface area contributed by atoms with E-state index in [0.717, 1.165) is 19.3 Å². The van der Waals surface area contributed by atoms with Gasteiger partial charge < -0.3 is 14.4 Å². The first-order chi connectivity index (χ1) is 10.1. The highest BCUT2D eigenvalue weighted by molar-refractivity contribution is 5.97. The molecule has 0 N–H and O–H groups in total. The Morgan fingerprint density at radius 2 is 2.14 bits per heavy atom. The number of amides is 1. The normalized spacial score (nSPS) is 14.8. The van der Waals surface area contributed by atoms with Crippen molar-refractivity contribution < 1.29 is 19.1 Å². The van der Waals surface area contributed by atoms with Gasteiger partial charge in [0.1, 0.15) is 6.26 Å². The van der Waals surface area contributed by atoms with Gasteiger partial charge in [-0.25, -0.2) is 4.79 Å². The van der Waals surface area contributed by atoms with E-state index in [-0.39, 0.29) is 11.6 Å². The summed E-state index contributed by atoms with van der Waals surface area (Å²) in [5.74, 6) is -0.933. The van der Waals surface area contributed by atoms with E-state index in [0.29, 0.717) is 0 Å². The van der Waals surface area contributed by atoms with Crippen LogP contribution in [0.5, 0.6) is 0 Å². The fourth-order valence-corrected chi connectivity index (χ4v) is 1.84. The summed E-state index contributed by atoms with van der Waals surface area (Å²) in [6.07, 6.45) is 13.4. The van der Waals surface area contributed by atoms with Crippen LogP contribution in [-0.4, -0.2) is 38.0 Å². The Labute approximate surface area is 125 Å². The fraction of sp³-hybridized carbons (Fsp3) is 0.375. The van der Waals surface area contributed by atoms with Gasteiger partial charge in [0.15, 0.2) is 5.70 Å². The number of rotatable bonds is 6. The maximum Gasteiger partial charge on any atom is 0.357 e. The highest BCUT2D eigenvalue weighted by atomic mass is 16.5. The number of carbonyl (C=O) groups excluding carboxylic acids is 2. The van der Waals surface area contributed by atoms with Crippen LogP contribution >= 0.6 is 0 Å². The van der Waals surface area contributed by atoms with Crippen LogP contribution in [-0.2, 0) is 19.1 Å². The molecule has 114 valence electrons. The Bertz CT molecular complexity index is 500. The van der Waals surface area contributed by atoms with E-state index in [2.05, 4.69) is 16.9 Å². The van der Waals surface area contributed by atoms with E-state index >= 15 is 0 Å². The zero-order valence-corrected chi connectivity index (χ0v) is 12.7. The third kappa shape index (κ3) is 5.30. The second-order valence-electron chi connectivity index (χ2n) is 4.53. The van der Waals surface area contributed by atoms with E-state index in [1.54, 1.807) is 6.08 Å². The summed E-state index contributed by atoms with van der Waals surface area (Å²) in [6, 6.07) is 0. The van der Waals surface area contributed by atoms with E-state index in [9.17, 15) is 9.59 Å². The van der Waals surface area contributed by atoms with Crippen molar-refractivity contribution in [2.45, 2.75) is 19.3 Å². The molecule has 1 rings (SSSR count). The Hall–Kier alpha value is -2.30. The Kier molecular flexibility index (Phi) is 7.01. The smallest absolute Gasteiger partial charge is 0.357 e. The summed E-state index contributed by atoms with van der Waals surface area (Å²) in [6.45, 7) is 0. The van der Waals surface area contributed by atoms with Gasteiger partial charge in [-0.05, 0) is 25.3 Å². The first kappa shape index (κ1) is 16.8. The summed E-state index contributed by atoms with van der Waals surface area (Å²) in [5, 5.41) is 0. The maximum absolute atomic E-state index is 12.0. The van der Waals surface area contributed by atoms with Crippen molar-refractivity contribution in [3.05, 3.63) is 47.9 Å². The largest absolute Gasteiger partial charge is 0.502 e. The monoisotopic (exact) mass is 291 g/mol. The molecule has 0 saturated carbocycles. The predicted octanol–water partition coefficient (Wildman–Crippen LogP) is 2.33. The number of hydrogen-bond acceptors (Lipinski definition) is 4. The molecule has 0 aromatic rings. The molecule has 0 aromatic carbocycles. The average molecular weight is 291 g/mol. The van der Waals surface area contributed by atoms with Gasteiger partial charge in [-0.2, -0.15) is 0 Å². The summed E-state index contributed by atoms with van der Waals surface area (Å²) in [7, 11) is 4.15. The molecule has 5 heteroatoms. The minimum atomic E-state index is -0.624. The number of methoxy groups -OCH3 is 2. The molecule has 0 fully saturated rings. The van der Waals surface area contributed by atoms with E-state index in [4.69, 9.17) is 4.74 Å². The molecule has 1 amide bonds. The van der Waals surface area contributed by atoms with Crippen molar-refractivity contribution in [2.75, 3.05) is 21.3 Å². The van der Waals surface area contributed by atoms with Crippen molar-refractivity contribution in [3.63, 3.8) is 0 Å². The van der Waals surface area contributed by atoms with Gasteiger partial charge in [-0.15, -0.1) is 0 Å². The van der Waals surface area contributed by atoms with Gasteiger partial charge in [0.05, 0.1) is 14.2 Å². The molecule has 0 spiro atoms. The van der Waals surface area contributed by atoms with E-state index < -0.39 is 5.97 Å². The number of nitrogens with zero attached hydrogens (tertiary/aromatic N) is 1. The van der Waals surface area contributed by atoms with Gasteiger partial charge >= 0.3 is 5.97 Å². The zero-order valence-electron chi connectivity index (χ0n) is 12.7. The number of hydrogen-bond donors (Lipinski definition) is 0. The molecule has 0 aromatic heterocycles. The lowest BCUT2D eigenvalue weighted by Gasteiger charge is -2.16. The second kappa shape index (κ2) is 8.79. The lowest BCUT2D eigenvalue weighted by Crippen LogP contribution is -2.29. The predicted molar refractivity (Wildman–Crippen MR) is 80.1 cm³/mol. The topological polar surface area (TPSA) is 55.8 Å². The zero-order chi connectivity index (χ0) is 15.7. The van der Waals surface area contributed by atoms with Crippen LogP contribution in [0.3, 0.4) is 0 Å². The van der Waals surface area contributed by atoms with Crippen LogP contribution in [0.1, 0.15) is 19.3 Å². The highest BCUT2D eigenvalue weighted by Crippen LogP contribution is 2.15. The molecule has 5 nitrogen and oxygen atoms in total. The van der Waals surface area contributed by atoms with Crippen molar-refractivity contribution in [1.82, 2.24) is 4.90 Å². The molecular formula is C16H21NO4. The first-order valence-electron chi connectivity index (χ1n) is 6.70. The summed E-state index contributed by atoms with van der Waals surface area (Å²) < 4.78 is 9.41. The summed E-state index contributed by atoms with van der Waals surface area (Å²) in [4.78, 5) is 24.8. The Balaban J connectivity index is 2.64. The maximum atomic E-state index is 12.0. The number of ether oxygens (including phenoxy) is 2. The van der Waals surface area contributed by atoms with Crippen molar-refractivity contribution in [1.29, 1.82) is 0 Å². The third-order valence-corrected chi connectivity index (χ3v) is 3.06. The van der Waals surface area contributed by atoms with E-state index in [1.807, 2.05) is 6.08 Å². The number of esters is 1. The molecular weight excluding hydrogens is 270 g/mol. The lowest BCUT2D eigenvalue weighted by molar-refractivity contribution is -0.140. The standard InChI is InChI=1S/C16H21NO4/c1-17(14(12-20-2)16(19)21-3)15(18)11-7-10-13-8-5-4-6-9-13/h4-5,7-8,11-12H,6,9-10H2,1-3H3/b11-7+,14-12-. The highest BCUT2D eigenvalue weighted by Gasteiger charge is 2.19. The van der Waals surface area contributed by atoms with Crippen LogP contribution in [0.15, 0.2) is 47.9 Å². The number of carbonyl (C=O) groups is 2. The Morgan fingerprint density at radius 3 is 2.71 bits per heavy atom. The lowest BCUT2D eigenvalue weighted by atomic mass is 10.0. The van der Waals surface area contributed by atoms with Gasteiger partial charge in [0.25, 0.3) is 5.91 Å². The molecule has 0 heterocycles. The molecule has 0 atom stereocenters. The number of likely N-dealkylation sites (N-methyl/N-ethyl adjacent to an activating group) is 1. The number of allylic oxidation sites excluding steroid dienone is 5. The van der Waals surface area contributed by atoms with Gasteiger partial charge in [-0.3, -0.25) is 4.79 Å². The molecule has 21 heavy (non-hydrogen) atoms. The Morgan fingerprint density at radius 1 is 1.38 bits per heavy atom. The van der Waals surface area contributed by atoms with Crippen LogP contribution in [0.4, 0.5) is 0 Å². The van der Waals surface area contributed by atoms with Crippen molar-refractivity contribution in [3.8, 4) is 0 Å². The van der Waals surface area contributed by atoms with Crippen LogP contribution < -0.4 is 0 Å². The molecule has 1 aliphatic rings. The van der Waals surface area contributed by atoms with Crippen LogP contribution in [0, 0.1) is 0 Å². The minimum Gasteiger partial charge on any atom is -0.502 e. The molecule has 0 unspecified atom stereocenters. The summed E-state index contributed by atoms with van der Waals surface area (Å²) >= 11 is 0. The van der Waals surface area contributed by atoms with Crippen LogP contribution in [0.25, 0.3) is 0 Å². The third-order valence-electron chi connectivity index (χ3n) is 3.06. The quantitative estimate of drug-likeness (QED) is 0.428. The molecule has 0 radical (unpaired) electrons. The molecule has 1 aliphatic carbocycles. The van der Waals surface area contributed by atoms with Crippen molar-refractivity contribution >= 4 is 11.9 Å². The van der Waals surface area contributed by atoms with Crippen LogP contribution in [0.2, 0.25) is 0 Å². The molecule has 0 saturated heterocycles. The molecule has 0 aliphatic heterocycles. The molecule has 0 bridgehead atoms. The van der Waals surface area contributed by atoms with Gasteiger partial charge in [-0.1, -0.05) is 29.9 Å². The fourth-order valence-electron chi connectivity index (χ4n) is 1.84. The second-order valence-corrected chi connectivity index (χ2v) is 4.53. The van der Waals surface area contributed by atoms with Gasteiger partial charge in [0.2, 0.25) is 0 Å². The first-order valence-corrected chi connectivity index (χ1v) is 6.70. The van der Waals surface area contributed by atoms with Gasteiger partial charge in [0, 0.05) is 7.05 Å². The minimum absolute atomic E-state index is 0.0504. The SMILES string of the molecule is CO/C=C(/C(=O)OC)N(C)C(=O)/C=C/CC1=CC=CCC1. The summed E-state index contributed by atoms with van der Waals surface area (Å²) in [5.41, 5.74) is 1.33. The van der Waals surface area contributed by atoms with E-state index in [1.165, 1.54) is 44.1 Å². The average Bonchev–Trinajstić information content (AvgIpc) is 2.52.